The Morgan fingerprint density at radius 1 is 0.867 bits per heavy atom. The number of piperazine rings is 1. The van der Waals surface area contributed by atoms with Crippen molar-refractivity contribution < 1.29 is 24.0 Å². The van der Waals surface area contributed by atoms with E-state index in [0.29, 0.717) is 34.1 Å². The third-order valence-corrected chi connectivity index (χ3v) is 13.1. The molecule has 5 amide bonds. The molecule has 3 N–H and O–H groups in total. The number of carbonyl (C=O) groups is 5. The SMILES string of the molecule is C[C@@H]1CN(c2ccc3c(c2)C(=O)N(C2CCC(=O)NC2=O)C3=O)C[C@H](C)N1CC1CCC(NC(=O)c2cnc(-n3ncc4cc(C#N)cnc43)cc2NC2CCCC2)CC1. The number of imide groups is 2. The van der Waals surface area contributed by atoms with Crippen LogP contribution in [0.2, 0.25) is 0 Å². The standard InChI is InChI=1S/C44H49N11O5/c1-25-22-52(32-11-12-33-34(16-32)44(60)54(43(33)59)37-13-14-39(56)51-42(37)58)23-26(2)53(25)24-27-7-9-31(10-8-27)50-41(57)35-21-46-38(17-36(35)49-30-5-3-4-6-30)55-40-29(20-48-55)15-28(18-45)19-47-40/h11-12,15-17,19-21,25-27,30-31,37H,3-10,13-14,22-24H2,1-2H3,(H,46,49)(H,50,57)(H,51,56,58)/t25-,26+,27?,31?,37?. The highest BCUT2D eigenvalue weighted by molar-refractivity contribution is 6.23. The average Bonchev–Trinajstić information content (AvgIpc) is 3.98. The first kappa shape index (κ1) is 39.3. The molecule has 9 rings (SSSR count). The maximum absolute atomic E-state index is 13.9. The number of nitrogens with zero attached hydrogens (tertiary/aromatic N) is 8. The number of piperidine rings is 1. The van der Waals surface area contributed by atoms with E-state index in [4.69, 9.17) is 0 Å². The molecular weight excluding hydrogens is 763 g/mol. The van der Waals surface area contributed by atoms with Crippen LogP contribution >= 0.6 is 0 Å². The highest BCUT2D eigenvalue weighted by Gasteiger charge is 2.45. The number of nitriles is 1. The van der Waals surface area contributed by atoms with Gasteiger partial charge < -0.3 is 15.5 Å². The second kappa shape index (κ2) is 16.1. The van der Waals surface area contributed by atoms with Crippen molar-refractivity contribution in [2.45, 2.75) is 108 Å². The summed E-state index contributed by atoms with van der Waals surface area (Å²) in [6.45, 7) is 6.94. The van der Waals surface area contributed by atoms with Crippen molar-refractivity contribution in [3.05, 3.63) is 71.2 Å². The Morgan fingerprint density at radius 2 is 1.62 bits per heavy atom. The molecule has 2 aliphatic carbocycles. The number of fused-ring (bicyclic) bond motifs is 2. The van der Waals surface area contributed by atoms with E-state index in [1.807, 2.05) is 12.1 Å². The zero-order valence-electron chi connectivity index (χ0n) is 33.9. The molecule has 0 bridgehead atoms. The summed E-state index contributed by atoms with van der Waals surface area (Å²) >= 11 is 0. The molecule has 2 saturated heterocycles. The van der Waals surface area contributed by atoms with Gasteiger partial charge in [-0.05, 0) is 89.0 Å². The van der Waals surface area contributed by atoms with E-state index in [9.17, 15) is 29.2 Å². The lowest BCUT2D eigenvalue weighted by molar-refractivity contribution is -0.136. The van der Waals surface area contributed by atoms with E-state index in [1.54, 1.807) is 35.3 Å². The molecule has 4 fully saturated rings. The highest BCUT2D eigenvalue weighted by atomic mass is 16.2. The fraction of sp³-hybridized carbons (Fsp3) is 0.477. The monoisotopic (exact) mass is 811 g/mol. The van der Waals surface area contributed by atoms with Crippen LogP contribution in [0.15, 0.2) is 48.9 Å². The van der Waals surface area contributed by atoms with Crippen molar-refractivity contribution in [3.63, 3.8) is 0 Å². The Kier molecular flexibility index (Phi) is 10.5. The van der Waals surface area contributed by atoms with Gasteiger partial charge >= 0.3 is 0 Å². The molecule has 6 heterocycles. The van der Waals surface area contributed by atoms with Crippen LogP contribution < -0.4 is 20.9 Å². The molecule has 0 radical (unpaired) electrons. The molecule has 60 heavy (non-hydrogen) atoms. The van der Waals surface area contributed by atoms with Crippen LogP contribution in [-0.4, -0.2) is 109 Å². The third kappa shape index (κ3) is 7.46. The Bertz CT molecular complexity index is 2420. The molecular formula is C44H49N11O5. The number of hydrogen-bond acceptors (Lipinski definition) is 12. The minimum atomic E-state index is -0.990. The molecule has 3 aliphatic heterocycles. The Balaban J connectivity index is 0.808. The quantitative estimate of drug-likeness (QED) is 0.203. The number of rotatable bonds is 9. The number of hydrogen-bond donors (Lipinski definition) is 3. The van der Waals surface area contributed by atoms with E-state index in [-0.39, 0.29) is 48.5 Å². The van der Waals surface area contributed by atoms with Crippen molar-refractivity contribution in [1.29, 1.82) is 5.26 Å². The van der Waals surface area contributed by atoms with Crippen LogP contribution in [0.5, 0.6) is 0 Å². The minimum absolute atomic E-state index is 0.0633. The fourth-order valence-electron chi connectivity index (χ4n) is 9.93. The smallest absolute Gasteiger partial charge is 0.262 e. The van der Waals surface area contributed by atoms with E-state index in [0.717, 1.165) is 92.7 Å². The molecule has 3 atom stereocenters. The first-order chi connectivity index (χ1) is 29.0. The summed E-state index contributed by atoms with van der Waals surface area (Å²) in [7, 11) is 0. The van der Waals surface area contributed by atoms with Crippen LogP contribution in [0.1, 0.15) is 115 Å². The van der Waals surface area contributed by atoms with Crippen molar-refractivity contribution in [2.24, 2.45) is 5.92 Å². The normalized spacial score (nSPS) is 25.1. The molecule has 310 valence electrons. The van der Waals surface area contributed by atoms with Gasteiger partial charge in [-0.1, -0.05) is 12.8 Å². The molecule has 16 heteroatoms. The van der Waals surface area contributed by atoms with Gasteiger partial charge in [0.05, 0.1) is 34.1 Å². The highest BCUT2D eigenvalue weighted by Crippen LogP contribution is 2.34. The second-order valence-corrected chi connectivity index (χ2v) is 17.2. The van der Waals surface area contributed by atoms with Gasteiger partial charge in [-0.3, -0.25) is 39.1 Å². The number of nitrogens with one attached hydrogen (secondary N) is 3. The molecule has 1 unspecified atom stereocenters. The summed E-state index contributed by atoms with van der Waals surface area (Å²) in [5.74, 6) is -1.11. The predicted octanol–water partition coefficient (Wildman–Crippen LogP) is 4.33. The summed E-state index contributed by atoms with van der Waals surface area (Å²) in [5.41, 5.74) is 3.72. The maximum atomic E-state index is 13.9. The van der Waals surface area contributed by atoms with Gasteiger partial charge in [0.15, 0.2) is 11.5 Å². The molecule has 16 nitrogen and oxygen atoms in total. The van der Waals surface area contributed by atoms with Gasteiger partial charge in [-0.25, -0.2) is 9.97 Å². The maximum Gasteiger partial charge on any atom is 0.262 e. The average molecular weight is 812 g/mol. The Morgan fingerprint density at radius 3 is 2.35 bits per heavy atom. The van der Waals surface area contributed by atoms with Crippen molar-refractivity contribution in [3.8, 4) is 11.9 Å². The van der Waals surface area contributed by atoms with E-state index in [2.05, 4.69) is 60.7 Å². The topological polar surface area (TPSA) is 199 Å². The van der Waals surface area contributed by atoms with E-state index in [1.165, 1.54) is 6.20 Å². The number of amides is 5. The van der Waals surface area contributed by atoms with Crippen molar-refractivity contribution >= 4 is 51.9 Å². The summed E-state index contributed by atoms with van der Waals surface area (Å²) < 4.78 is 1.64. The fourth-order valence-corrected chi connectivity index (χ4v) is 9.93. The molecule has 1 aromatic carbocycles. The van der Waals surface area contributed by atoms with Crippen LogP contribution in [0.25, 0.3) is 16.9 Å². The summed E-state index contributed by atoms with van der Waals surface area (Å²) in [6.07, 6.45) is 13.2. The summed E-state index contributed by atoms with van der Waals surface area (Å²) in [4.78, 5) is 79.8. The lowest BCUT2D eigenvalue weighted by Crippen LogP contribution is -2.58. The molecule has 4 aromatic rings. The molecule has 2 saturated carbocycles. The predicted molar refractivity (Wildman–Crippen MR) is 221 cm³/mol. The summed E-state index contributed by atoms with van der Waals surface area (Å²) in [6, 6.07) is 10.9. The second-order valence-electron chi connectivity index (χ2n) is 17.2. The van der Waals surface area contributed by atoms with Crippen LogP contribution in [0.4, 0.5) is 11.4 Å². The van der Waals surface area contributed by atoms with Gasteiger partial charge in [0.25, 0.3) is 17.7 Å². The zero-order chi connectivity index (χ0) is 41.7. The van der Waals surface area contributed by atoms with E-state index >= 15 is 0 Å². The van der Waals surface area contributed by atoms with Crippen LogP contribution in [0, 0.1) is 17.2 Å². The largest absolute Gasteiger partial charge is 0.382 e. The van der Waals surface area contributed by atoms with Crippen LogP contribution in [-0.2, 0) is 9.59 Å². The Hall–Kier alpha value is -6.21. The first-order valence-electron chi connectivity index (χ1n) is 21.2. The summed E-state index contributed by atoms with van der Waals surface area (Å²) in [5, 5.41) is 23.7. The zero-order valence-corrected chi connectivity index (χ0v) is 33.9. The van der Waals surface area contributed by atoms with Crippen LogP contribution in [0.3, 0.4) is 0 Å². The van der Waals surface area contributed by atoms with Crippen molar-refractivity contribution in [2.75, 3.05) is 29.9 Å². The number of aromatic nitrogens is 4. The molecule has 5 aliphatic rings. The van der Waals surface area contributed by atoms with E-state index < -0.39 is 29.7 Å². The number of carbonyl (C=O) groups excluding carboxylic acids is 5. The first-order valence-corrected chi connectivity index (χ1v) is 21.2. The minimum Gasteiger partial charge on any atom is -0.382 e. The number of anilines is 2. The lowest BCUT2D eigenvalue weighted by Gasteiger charge is -2.47. The van der Waals surface area contributed by atoms with Gasteiger partial charge in [-0.2, -0.15) is 15.0 Å². The third-order valence-electron chi connectivity index (χ3n) is 13.1. The Labute approximate surface area is 347 Å². The number of pyridine rings is 2. The lowest BCUT2D eigenvalue weighted by atomic mass is 9.85. The number of benzene rings is 1. The van der Waals surface area contributed by atoms with Gasteiger partial charge in [0.2, 0.25) is 11.8 Å². The van der Waals surface area contributed by atoms with Gasteiger partial charge in [0, 0.05) is 79.8 Å². The van der Waals surface area contributed by atoms with Gasteiger partial charge in [-0.15, -0.1) is 0 Å². The molecule has 3 aromatic heterocycles. The molecule has 0 spiro atoms. The van der Waals surface area contributed by atoms with Crippen molar-refractivity contribution in [1.82, 2.24) is 40.2 Å². The van der Waals surface area contributed by atoms with Gasteiger partial charge in [0.1, 0.15) is 12.1 Å².